The Morgan fingerprint density at radius 3 is 2.81 bits per heavy atom. The Kier molecular flexibility index (Phi) is 7.92. The molecule has 0 unspecified atom stereocenters. The van der Waals surface area contributed by atoms with Crippen LogP contribution in [0, 0.1) is 0 Å². The van der Waals surface area contributed by atoms with Gasteiger partial charge in [-0.3, -0.25) is 4.99 Å². The third-order valence-corrected chi connectivity index (χ3v) is 5.55. The molecule has 0 aromatic carbocycles. The molecule has 1 fully saturated rings. The summed E-state index contributed by atoms with van der Waals surface area (Å²) in [7, 11) is -3.38. The molecular formula is C12H21IN4O2S2. The van der Waals surface area contributed by atoms with Crippen LogP contribution in [0.4, 0.5) is 0 Å². The Hall–Kier alpha value is -0.390. The van der Waals surface area contributed by atoms with Gasteiger partial charge in [-0.15, -0.1) is 35.3 Å². The molecule has 1 saturated carbocycles. The van der Waals surface area contributed by atoms with Gasteiger partial charge in [-0.1, -0.05) is 6.07 Å². The van der Waals surface area contributed by atoms with E-state index in [0.717, 1.165) is 12.5 Å². The van der Waals surface area contributed by atoms with E-state index in [2.05, 4.69) is 20.3 Å². The van der Waals surface area contributed by atoms with Gasteiger partial charge < -0.3 is 10.6 Å². The molecule has 1 aromatic heterocycles. The maximum atomic E-state index is 11.9. The number of rotatable bonds is 7. The topological polar surface area (TPSA) is 82.6 Å². The SMILES string of the molecule is CCNC(=NCCNS(=O)(=O)c1cccs1)NC1CC1.I. The molecule has 9 heteroatoms. The third-order valence-electron chi connectivity index (χ3n) is 2.70. The fourth-order valence-corrected chi connectivity index (χ4v) is 3.63. The Morgan fingerprint density at radius 2 is 2.24 bits per heavy atom. The molecule has 0 bridgehead atoms. The number of nitrogens with zero attached hydrogens (tertiary/aromatic N) is 1. The molecule has 0 amide bonds. The van der Waals surface area contributed by atoms with Gasteiger partial charge >= 0.3 is 0 Å². The van der Waals surface area contributed by atoms with Gasteiger partial charge in [0.2, 0.25) is 10.0 Å². The van der Waals surface area contributed by atoms with Crippen LogP contribution in [-0.4, -0.2) is 40.1 Å². The van der Waals surface area contributed by atoms with Crippen LogP contribution >= 0.6 is 35.3 Å². The van der Waals surface area contributed by atoms with Crippen molar-refractivity contribution in [1.29, 1.82) is 0 Å². The van der Waals surface area contributed by atoms with Crippen LogP contribution < -0.4 is 15.4 Å². The van der Waals surface area contributed by atoms with Crippen molar-refractivity contribution in [2.24, 2.45) is 4.99 Å². The Labute approximate surface area is 146 Å². The second kappa shape index (κ2) is 8.91. The molecule has 21 heavy (non-hydrogen) atoms. The minimum atomic E-state index is -3.38. The maximum Gasteiger partial charge on any atom is 0.250 e. The molecule has 1 heterocycles. The molecule has 0 spiro atoms. The van der Waals surface area contributed by atoms with Gasteiger partial charge in [0.15, 0.2) is 5.96 Å². The molecule has 1 aliphatic carbocycles. The highest BCUT2D eigenvalue weighted by Crippen LogP contribution is 2.18. The van der Waals surface area contributed by atoms with E-state index in [0.29, 0.717) is 23.3 Å². The highest BCUT2D eigenvalue weighted by atomic mass is 127. The summed E-state index contributed by atoms with van der Waals surface area (Å²) >= 11 is 1.21. The van der Waals surface area contributed by atoms with Crippen LogP contribution in [0.15, 0.2) is 26.7 Å². The van der Waals surface area contributed by atoms with Gasteiger partial charge in [0.1, 0.15) is 4.21 Å². The second-order valence-electron chi connectivity index (χ2n) is 4.51. The van der Waals surface area contributed by atoms with Gasteiger partial charge in [0.05, 0.1) is 6.54 Å². The highest BCUT2D eigenvalue weighted by Gasteiger charge is 2.22. The maximum absolute atomic E-state index is 11.9. The predicted molar refractivity (Wildman–Crippen MR) is 97.1 cm³/mol. The van der Waals surface area contributed by atoms with E-state index in [1.807, 2.05) is 6.92 Å². The number of sulfonamides is 1. The molecule has 0 radical (unpaired) electrons. The first-order valence-corrected chi connectivity index (χ1v) is 9.06. The van der Waals surface area contributed by atoms with E-state index in [1.165, 1.54) is 24.2 Å². The predicted octanol–water partition coefficient (Wildman–Crippen LogP) is 1.36. The van der Waals surface area contributed by atoms with E-state index in [1.54, 1.807) is 17.5 Å². The fourth-order valence-electron chi connectivity index (χ4n) is 1.58. The van der Waals surface area contributed by atoms with Gasteiger partial charge in [-0.2, -0.15) is 0 Å². The summed E-state index contributed by atoms with van der Waals surface area (Å²) in [6, 6.07) is 3.84. The average Bonchev–Trinajstić information content (AvgIpc) is 3.04. The summed E-state index contributed by atoms with van der Waals surface area (Å²) in [5, 5.41) is 8.17. The van der Waals surface area contributed by atoms with Crippen LogP contribution in [-0.2, 0) is 10.0 Å². The Morgan fingerprint density at radius 1 is 1.48 bits per heavy atom. The lowest BCUT2D eigenvalue weighted by atomic mass is 10.6. The third kappa shape index (κ3) is 6.49. The number of thiophene rings is 1. The van der Waals surface area contributed by atoms with Crippen LogP contribution in [0.2, 0.25) is 0 Å². The van der Waals surface area contributed by atoms with Crippen LogP contribution in [0.25, 0.3) is 0 Å². The summed E-state index contributed by atoms with van der Waals surface area (Å²) in [5.74, 6) is 0.755. The number of hydrogen-bond acceptors (Lipinski definition) is 4. The van der Waals surface area contributed by atoms with Crippen molar-refractivity contribution in [3.63, 3.8) is 0 Å². The van der Waals surface area contributed by atoms with Crippen LogP contribution in [0.5, 0.6) is 0 Å². The molecule has 0 aliphatic heterocycles. The number of aliphatic imine (C=N–C) groups is 1. The Balaban J connectivity index is 0.00000220. The lowest BCUT2D eigenvalue weighted by Gasteiger charge is -2.10. The molecule has 120 valence electrons. The highest BCUT2D eigenvalue weighted by molar-refractivity contribution is 14.0. The molecule has 6 nitrogen and oxygen atoms in total. The smallest absolute Gasteiger partial charge is 0.250 e. The van der Waals surface area contributed by atoms with Crippen molar-refractivity contribution in [3.05, 3.63) is 17.5 Å². The zero-order valence-corrected chi connectivity index (χ0v) is 15.8. The minimum Gasteiger partial charge on any atom is -0.357 e. The lowest BCUT2D eigenvalue weighted by molar-refractivity contribution is 0.584. The Bertz CT molecular complexity index is 542. The number of halogens is 1. The van der Waals surface area contributed by atoms with E-state index in [-0.39, 0.29) is 24.0 Å². The molecule has 1 aliphatic rings. The number of nitrogens with one attached hydrogen (secondary N) is 3. The van der Waals surface area contributed by atoms with Crippen molar-refractivity contribution < 1.29 is 8.42 Å². The molecule has 3 N–H and O–H groups in total. The first-order valence-electron chi connectivity index (χ1n) is 6.70. The van der Waals surface area contributed by atoms with Crippen molar-refractivity contribution in [2.75, 3.05) is 19.6 Å². The second-order valence-corrected chi connectivity index (χ2v) is 7.45. The summed E-state index contributed by atoms with van der Waals surface area (Å²) in [4.78, 5) is 4.35. The van der Waals surface area contributed by atoms with Crippen molar-refractivity contribution >= 4 is 51.3 Å². The first-order chi connectivity index (χ1) is 9.62. The quantitative estimate of drug-likeness (QED) is 0.257. The molecule has 0 atom stereocenters. The summed E-state index contributed by atoms with van der Waals surface area (Å²) in [5.41, 5.74) is 0. The van der Waals surface area contributed by atoms with Crippen LogP contribution in [0.1, 0.15) is 19.8 Å². The van der Waals surface area contributed by atoms with Gasteiger partial charge in [-0.25, -0.2) is 13.1 Å². The summed E-state index contributed by atoms with van der Waals surface area (Å²) in [6.45, 7) is 3.50. The van der Waals surface area contributed by atoms with Crippen LogP contribution in [0.3, 0.4) is 0 Å². The van der Waals surface area contributed by atoms with Gasteiger partial charge in [0, 0.05) is 19.1 Å². The zero-order valence-electron chi connectivity index (χ0n) is 11.8. The zero-order chi connectivity index (χ0) is 14.4. The normalized spacial score (nSPS) is 15.4. The molecule has 1 aromatic rings. The molecular weight excluding hydrogens is 423 g/mol. The van der Waals surface area contributed by atoms with E-state index >= 15 is 0 Å². The average molecular weight is 444 g/mol. The minimum absolute atomic E-state index is 0. The number of hydrogen-bond donors (Lipinski definition) is 3. The standard InChI is InChI=1S/C12H20N4O2S2.HI/c1-2-13-12(16-10-5-6-10)14-7-8-15-20(17,18)11-4-3-9-19-11;/h3-4,9-10,15H,2,5-8H2,1H3,(H2,13,14,16);1H. The van der Waals surface area contributed by atoms with Crippen molar-refractivity contribution in [2.45, 2.75) is 30.0 Å². The molecule has 2 rings (SSSR count). The van der Waals surface area contributed by atoms with Crippen molar-refractivity contribution in [3.8, 4) is 0 Å². The van der Waals surface area contributed by atoms with Crippen molar-refractivity contribution in [1.82, 2.24) is 15.4 Å². The number of guanidine groups is 1. The van der Waals surface area contributed by atoms with E-state index < -0.39 is 10.0 Å². The fraction of sp³-hybridized carbons (Fsp3) is 0.583. The largest absolute Gasteiger partial charge is 0.357 e. The molecule has 0 saturated heterocycles. The van der Waals surface area contributed by atoms with Gasteiger partial charge in [0.25, 0.3) is 0 Å². The first kappa shape index (κ1) is 18.7. The summed E-state index contributed by atoms with van der Waals surface area (Å²) < 4.78 is 26.6. The van der Waals surface area contributed by atoms with E-state index in [9.17, 15) is 8.42 Å². The van der Waals surface area contributed by atoms with Gasteiger partial charge in [-0.05, 0) is 31.2 Å². The monoisotopic (exact) mass is 444 g/mol. The summed E-state index contributed by atoms with van der Waals surface area (Å²) in [6.07, 6.45) is 2.35. The van der Waals surface area contributed by atoms with E-state index in [4.69, 9.17) is 0 Å². The lowest BCUT2D eigenvalue weighted by Crippen LogP contribution is -2.39.